The van der Waals surface area contributed by atoms with Crippen molar-refractivity contribution in [3.63, 3.8) is 0 Å². The summed E-state index contributed by atoms with van der Waals surface area (Å²) >= 11 is 0. The van der Waals surface area contributed by atoms with Crippen molar-refractivity contribution in [2.75, 3.05) is 19.7 Å². The molecule has 0 aromatic carbocycles. The summed E-state index contributed by atoms with van der Waals surface area (Å²) in [5, 5.41) is 5.57. The van der Waals surface area contributed by atoms with Crippen LogP contribution in [0.5, 0.6) is 0 Å². The topological polar surface area (TPSA) is 67.4 Å². The fourth-order valence-electron chi connectivity index (χ4n) is 1.98. The second-order valence-corrected chi connectivity index (χ2v) is 6.77. The molecular formula is C17H34N2O3. The smallest absolute Gasteiger partial charge is 0.219 e. The van der Waals surface area contributed by atoms with Crippen LogP contribution < -0.4 is 10.6 Å². The largest absolute Gasteiger partial charge is 0.375 e. The van der Waals surface area contributed by atoms with E-state index in [9.17, 15) is 9.59 Å². The van der Waals surface area contributed by atoms with E-state index in [0.29, 0.717) is 31.8 Å². The summed E-state index contributed by atoms with van der Waals surface area (Å²) in [5.41, 5.74) is -0.192. The zero-order valence-electron chi connectivity index (χ0n) is 14.7. The van der Waals surface area contributed by atoms with Crippen molar-refractivity contribution in [3.8, 4) is 0 Å². The Bertz CT molecular complexity index is 304. The van der Waals surface area contributed by atoms with E-state index in [4.69, 9.17) is 4.74 Å². The van der Waals surface area contributed by atoms with Crippen LogP contribution in [0.25, 0.3) is 0 Å². The molecule has 0 aliphatic carbocycles. The van der Waals surface area contributed by atoms with Crippen LogP contribution in [0, 0.1) is 5.92 Å². The molecule has 0 unspecified atom stereocenters. The molecule has 0 aromatic heterocycles. The van der Waals surface area contributed by atoms with Gasteiger partial charge >= 0.3 is 0 Å². The fourth-order valence-corrected chi connectivity index (χ4v) is 1.98. The molecule has 0 aliphatic rings. The molecular weight excluding hydrogens is 280 g/mol. The van der Waals surface area contributed by atoms with Gasteiger partial charge in [0.1, 0.15) is 0 Å². The SMILES string of the molecule is CC(C)CCOC(C)(C)CCNC(=O)CCCCCNC=O. The molecule has 22 heavy (non-hydrogen) atoms. The van der Waals surface area contributed by atoms with Crippen LogP contribution in [0.2, 0.25) is 0 Å². The van der Waals surface area contributed by atoms with E-state index < -0.39 is 0 Å². The van der Waals surface area contributed by atoms with Gasteiger partial charge < -0.3 is 15.4 Å². The van der Waals surface area contributed by atoms with Crippen molar-refractivity contribution in [1.29, 1.82) is 0 Å². The molecule has 0 radical (unpaired) electrons. The Morgan fingerprint density at radius 3 is 2.55 bits per heavy atom. The fraction of sp³-hybridized carbons (Fsp3) is 0.882. The van der Waals surface area contributed by atoms with Gasteiger partial charge in [0, 0.05) is 26.1 Å². The summed E-state index contributed by atoms with van der Waals surface area (Å²) in [6.45, 7) is 10.6. The monoisotopic (exact) mass is 314 g/mol. The molecule has 0 saturated heterocycles. The molecule has 5 nitrogen and oxygen atoms in total. The number of amides is 2. The van der Waals surface area contributed by atoms with Crippen molar-refractivity contribution in [2.24, 2.45) is 5.92 Å². The third kappa shape index (κ3) is 13.9. The van der Waals surface area contributed by atoms with Gasteiger partial charge in [-0.2, -0.15) is 0 Å². The summed E-state index contributed by atoms with van der Waals surface area (Å²) in [7, 11) is 0. The summed E-state index contributed by atoms with van der Waals surface area (Å²) in [6.07, 6.45) is 5.88. The molecule has 0 fully saturated rings. The molecule has 0 spiro atoms. The first-order valence-electron chi connectivity index (χ1n) is 8.45. The van der Waals surface area contributed by atoms with Crippen molar-refractivity contribution in [2.45, 2.75) is 71.8 Å². The maximum absolute atomic E-state index is 11.7. The molecule has 0 aliphatic heterocycles. The van der Waals surface area contributed by atoms with Crippen LogP contribution in [-0.2, 0) is 14.3 Å². The normalized spacial score (nSPS) is 11.5. The molecule has 5 heteroatoms. The third-order valence-corrected chi connectivity index (χ3v) is 3.55. The van der Waals surface area contributed by atoms with Crippen LogP contribution in [0.3, 0.4) is 0 Å². The van der Waals surface area contributed by atoms with Crippen LogP contribution in [-0.4, -0.2) is 37.6 Å². The van der Waals surface area contributed by atoms with E-state index >= 15 is 0 Å². The van der Waals surface area contributed by atoms with E-state index in [1.54, 1.807) is 0 Å². The molecule has 0 rings (SSSR count). The Kier molecular flexibility index (Phi) is 11.8. The lowest BCUT2D eigenvalue weighted by atomic mass is 10.0. The van der Waals surface area contributed by atoms with Crippen molar-refractivity contribution in [3.05, 3.63) is 0 Å². The lowest BCUT2D eigenvalue weighted by molar-refractivity contribution is -0.121. The number of nitrogens with one attached hydrogen (secondary N) is 2. The van der Waals surface area contributed by atoms with Crippen LogP contribution in [0.15, 0.2) is 0 Å². The van der Waals surface area contributed by atoms with E-state index in [1.165, 1.54) is 0 Å². The average molecular weight is 314 g/mol. The van der Waals surface area contributed by atoms with Gasteiger partial charge in [-0.15, -0.1) is 0 Å². The number of hydrogen-bond donors (Lipinski definition) is 2. The third-order valence-electron chi connectivity index (χ3n) is 3.55. The molecule has 2 amide bonds. The summed E-state index contributed by atoms with van der Waals surface area (Å²) in [5.74, 6) is 0.749. The predicted octanol–water partition coefficient (Wildman–Crippen LogP) is 2.64. The van der Waals surface area contributed by atoms with E-state index in [1.807, 2.05) is 0 Å². The molecule has 0 atom stereocenters. The molecule has 0 bridgehead atoms. The van der Waals surface area contributed by atoms with Gasteiger partial charge in [-0.3, -0.25) is 9.59 Å². The maximum Gasteiger partial charge on any atom is 0.219 e. The number of unbranched alkanes of at least 4 members (excludes halogenated alkanes) is 2. The van der Waals surface area contributed by atoms with Gasteiger partial charge in [0.05, 0.1) is 5.60 Å². The molecule has 0 aromatic rings. The number of hydrogen-bond acceptors (Lipinski definition) is 3. The number of carbonyl (C=O) groups is 2. The number of rotatable bonds is 14. The highest BCUT2D eigenvalue weighted by Gasteiger charge is 2.18. The summed E-state index contributed by atoms with van der Waals surface area (Å²) < 4.78 is 5.87. The minimum Gasteiger partial charge on any atom is -0.375 e. The number of ether oxygens (including phenoxy) is 1. The highest BCUT2D eigenvalue weighted by molar-refractivity contribution is 5.75. The van der Waals surface area contributed by atoms with Gasteiger partial charge in [0.15, 0.2) is 0 Å². The Morgan fingerprint density at radius 2 is 1.91 bits per heavy atom. The van der Waals surface area contributed by atoms with E-state index in [-0.39, 0.29) is 11.5 Å². The zero-order valence-corrected chi connectivity index (χ0v) is 14.7. The molecule has 2 N–H and O–H groups in total. The Balaban J connectivity index is 3.58. The van der Waals surface area contributed by atoms with Gasteiger partial charge in [0.2, 0.25) is 12.3 Å². The van der Waals surface area contributed by atoms with Crippen LogP contribution >= 0.6 is 0 Å². The predicted molar refractivity (Wildman–Crippen MR) is 89.6 cm³/mol. The Hall–Kier alpha value is -1.10. The van der Waals surface area contributed by atoms with E-state index in [0.717, 1.165) is 38.7 Å². The standard InChI is InChI=1S/C17H34N2O3/c1-15(2)9-13-22-17(3,4)10-12-19-16(21)8-6-5-7-11-18-14-20/h14-15H,5-13H2,1-4H3,(H,18,20)(H,19,21). The van der Waals surface area contributed by atoms with Crippen molar-refractivity contribution in [1.82, 2.24) is 10.6 Å². The quantitative estimate of drug-likeness (QED) is 0.382. The second kappa shape index (κ2) is 12.4. The average Bonchev–Trinajstić information content (AvgIpc) is 2.41. The lowest BCUT2D eigenvalue weighted by Gasteiger charge is -2.26. The summed E-state index contributed by atoms with van der Waals surface area (Å²) in [6, 6.07) is 0. The van der Waals surface area contributed by atoms with Gasteiger partial charge in [0.25, 0.3) is 0 Å². The maximum atomic E-state index is 11.7. The van der Waals surface area contributed by atoms with Crippen molar-refractivity contribution < 1.29 is 14.3 Å². The first-order chi connectivity index (χ1) is 10.4. The minimum absolute atomic E-state index is 0.0985. The lowest BCUT2D eigenvalue weighted by Crippen LogP contribution is -2.33. The van der Waals surface area contributed by atoms with E-state index in [2.05, 4.69) is 38.3 Å². The Labute approximate surface area is 135 Å². The zero-order chi connectivity index (χ0) is 16.8. The van der Waals surface area contributed by atoms with Crippen LogP contribution in [0.1, 0.15) is 66.2 Å². The number of carbonyl (C=O) groups excluding carboxylic acids is 2. The van der Waals surface area contributed by atoms with Crippen molar-refractivity contribution >= 4 is 12.3 Å². The van der Waals surface area contributed by atoms with Gasteiger partial charge in [-0.1, -0.05) is 20.3 Å². The second-order valence-electron chi connectivity index (χ2n) is 6.77. The molecule has 0 heterocycles. The van der Waals surface area contributed by atoms with Gasteiger partial charge in [-0.25, -0.2) is 0 Å². The highest BCUT2D eigenvalue weighted by atomic mass is 16.5. The summed E-state index contributed by atoms with van der Waals surface area (Å²) in [4.78, 5) is 21.8. The molecule has 0 saturated carbocycles. The minimum atomic E-state index is -0.192. The van der Waals surface area contributed by atoms with Gasteiger partial charge in [-0.05, 0) is 45.4 Å². The first kappa shape index (κ1) is 20.9. The first-order valence-corrected chi connectivity index (χ1v) is 8.45. The Morgan fingerprint density at radius 1 is 1.18 bits per heavy atom. The molecule has 130 valence electrons. The van der Waals surface area contributed by atoms with Crippen LogP contribution in [0.4, 0.5) is 0 Å². The highest BCUT2D eigenvalue weighted by Crippen LogP contribution is 2.15.